The molecule has 0 aliphatic carbocycles. The van der Waals surface area contributed by atoms with Gasteiger partial charge in [0.1, 0.15) is 5.56 Å². The average molecular weight is 475 g/mol. The number of fused-ring (bicyclic) bond motifs is 1. The van der Waals surface area contributed by atoms with Crippen LogP contribution in [-0.4, -0.2) is 76.2 Å². The number of ether oxygens (including phenoxy) is 1. The number of nitrogens with zero attached hydrogens (tertiary/aromatic N) is 6. The van der Waals surface area contributed by atoms with Gasteiger partial charge in [0, 0.05) is 68.8 Å². The van der Waals surface area contributed by atoms with Gasteiger partial charge in [-0.15, -0.1) is 0 Å². The Kier molecular flexibility index (Phi) is 6.39. The minimum atomic E-state index is -0.153. The Morgan fingerprint density at radius 1 is 0.943 bits per heavy atom. The number of rotatable bonds is 5. The maximum atomic E-state index is 13.6. The molecule has 0 unspecified atom stereocenters. The third kappa shape index (κ3) is 4.34. The normalized spacial score (nSPS) is 15.7. The van der Waals surface area contributed by atoms with E-state index >= 15 is 0 Å². The highest BCUT2D eigenvalue weighted by molar-refractivity contribution is 5.97. The molecule has 1 fully saturated rings. The second-order valence-corrected chi connectivity index (χ2v) is 8.74. The molecule has 2 amide bonds. The van der Waals surface area contributed by atoms with Gasteiger partial charge in [0.15, 0.2) is 5.69 Å². The highest BCUT2D eigenvalue weighted by Gasteiger charge is 2.33. The lowest BCUT2D eigenvalue weighted by Gasteiger charge is -2.36. The molecule has 3 aromatic rings. The number of carbonyl (C=O) groups excluding carboxylic acids is 2. The Morgan fingerprint density at radius 2 is 1.71 bits per heavy atom. The first-order valence-corrected chi connectivity index (χ1v) is 12.1. The zero-order valence-corrected chi connectivity index (χ0v) is 20.2. The SMILES string of the molecule is CCn1nc(C(=O)N2CCN(c3ccccc3)CC2)c2c1CCN(C(=O)c1cccnc1OC)C2. The number of carbonyl (C=O) groups is 2. The number of hydrogen-bond acceptors (Lipinski definition) is 6. The largest absolute Gasteiger partial charge is 0.480 e. The molecular formula is C26H30N6O3. The van der Waals surface area contributed by atoms with Crippen molar-refractivity contribution in [1.29, 1.82) is 0 Å². The van der Waals surface area contributed by atoms with Crippen molar-refractivity contribution in [1.82, 2.24) is 24.6 Å². The summed E-state index contributed by atoms with van der Waals surface area (Å²) in [5.74, 6) is 0.0919. The first-order chi connectivity index (χ1) is 17.1. The summed E-state index contributed by atoms with van der Waals surface area (Å²) in [6.45, 7) is 6.43. The van der Waals surface area contributed by atoms with Crippen molar-refractivity contribution in [2.24, 2.45) is 0 Å². The quantitative estimate of drug-likeness (QED) is 0.565. The van der Waals surface area contributed by atoms with Gasteiger partial charge in [-0.1, -0.05) is 18.2 Å². The fourth-order valence-corrected chi connectivity index (χ4v) is 4.94. The summed E-state index contributed by atoms with van der Waals surface area (Å²) in [4.78, 5) is 37.0. The van der Waals surface area contributed by atoms with Crippen LogP contribution in [0.1, 0.15) is 39.0 Å². The molecule has 1 aromatic carbocycles. The molecule has 0 saturated carbocycles. The lowest BCUT2D eigenvalue weighted by atomic mass is 10.0. The van der Waals surface area contributed by atoms with Crippen molar-refractivity contribution in [3.05, 3.63) is 71.2 Å². The van der Waals surface area contributed by atoms with Crippen LogP contribution in [0.5, 0.6) is 5.88 Å². The zero-order chi connectivity index (χ0) is 24.4. The number of aryl methyl sites for hydroxylation is 1. The number of hydrogen-bond donors (Lipinski definition) is 0. The van der Waals surface area contributed by atoms with Crippen LogP contribution in [0.15, 0.2) is 48.7 Å². The number of para-hydroxylation sites is 1. The van der Waals surface area contributed by atoms with Crippen LogP contribution in [0.25, 0.3) is 0 Å². The third-order valence-corrected chi connectivity index (χ3v) is 6.81. The minimum Gasteiger partial charge on any atom is -0.480 e. The number of aromatic nitrogens is 3. The first-order valence-electron chi connectivity index (χ1n) is 12.1. The molecule has 2 aliphatic heterocycles. The van der Waals surface area contributed by atoms with Crippen LogP contribution in [0, 0.1) is 0 Å². The van der Waals surface area contributed by atoms with E-state index in [1.54, 1.807) is 23.2 Å². The Morgan fingerprint density at radius 3 is 2.43 bits per heavy atom. The van der Waals surface area contributed by atoms with Gasteiger partial charge in [0.25, 0.3) is 11.8 Å². The topological polar surface area (TPSA) is 83.8 Å². The molecule has 9 heteroatoms. The fraction of sp³-hybridized carbons (Fsp3) is 0.385. The molecule has 4 heterocycles. The highest BCUT2D eigenvalue weighted by Crippen LogP contribution is 2.27. The summed E-state index contributed by atoms with van der Waals surface area (Å²) in [7, 11) is 1.51. The molecule has 0 N–H and O–H groups in total. The van der Waals surface area contributed by atoms with Gasteiger partial charge in [-0.3, -0.25) is 14.3 Å². The second-order valence-electron chi connectivity index (χ2n) is 8.74. The van der Waals surface area contributed by atoms with E-state index in [9.17, 15) is 9.59 Å². The molecule has 5 rings (SSSR count). The standard InChI is InChI=1S/C26H30N6O3/c1-3-32-22-11-13-31(25(33)20-10-7-12-27-24(20)35-2)18-21(22)23(28-32)26(34)30-16-14-29(15-17-30)19-8-5-4-6-9-19/h4-10,12H,3,11,13-18H2,1-2H3. The molecule has 182 valence electrons. The molecule has 9 nitrogen and oxygen atoms in total. The summed E-state index contributed by atoms with van der Waals surface area (Å²) in [6.07, 6.45) is 2.25. The van der Waals surface area contributed by atoms with Crippen molar-refractivity contribution < 1.29 is 14.3 Å². The minimum absolute atomic E-state index is 0.0607. The van der Waals surface area contributed by atoms with Gasteiger partial charge in [-0.25, -0.2) is 4.98 Å². The van der Waals surface area contributed by atoms with Crippen molar-refractivity contribution in [2.45, 2.75) is 26.4 Å². The van der Waals surface area contributed by atoms with Gasteiger partial charge in [-0.05, 0) is 31.2 Å². The predicted molar refractivity (Wildman–Crippen MR) is 132 cm³/mol. The van der Waals surface area contributed by atoms with Crippen LogP contribution in [0.2, 0.25) is 0 Å². The Bertz CT molecular complexity index is 1220. The van der Waals surface area contributed by atoms with Crippen LogP contribution >= 0.6 is 0 Å². The fourth-order valence-electron chi connectivity index (χ4n) is 4.94. The number of anilines is 1. The molecule has 0 radical (unpaired) electrons. The Balaban J connectivity index is 1.35. The monoisotopic (exact) mass is 474 g/mol. The van der Waals surface area contributed by atoms with Crippen LogP contribution in [0.3, 0.4) is 0 Å². The lowest BCUT2D eigenvalue weighted by molar-refractivity contribution is 0.0706. The number of pyridine rings is 1. The summed E-state index contributed by atoms with van der Waals surface area (Å²) in [5.41, 5.74) is 3.95. The third-order valence-electron chi connectivity index (χ3n) is 6.81. The molecule has 35 heavy (non-hydrogen) atoms. The van der Waals surface area contributed by atoms with Crippen LogP contribution < -0.4 is 9.64 Å². The maximum Gasteiger partial charge on any atom is 0.274 e. The average Bonchev–Trinajstić information content (AvgIpc) is 3.30. The van der Waals surface area contributed by atoms with E-state index < -0.39 is 0 Å². The smallest absolute Gasteiger partial charge is 0.274 e. The van der Waals surface area contributed by atoms with Crippen molar-refractivity contribution in [2.75, 3.05) is 44.7 Å². The van der Waals surface area contributed by atoms with E-state index in [4.69, 9.17) is 9.84 Å². The molecule has 0 atom stereocenters. The predicted octanol–water partition coefficient (Wildman–Crippen LogP) is 2.47. The maximum absolute atomic E-state index is 13.6. The number of methoxy groups -OCH3 is 1. The Labute approximate surface area is 204 Å². The summed E-state index contributed by atoms with van der Waals surface area (Å²) in [6, 6.07) is 13.7. The zero-order valence-electron chi connectivity index (χ0n) is 20.2. The summed E-state index contributed by atoms with van der Waals surface area (Å²) >= 11 is 0. The van der Waals surface area contributed by atoms with E-state index in [0.717, 1.165) is 24.3 Å². The molecule has 2 aliphatic rings. The lowest BCUT2D eigenvalue weighted by Crippen LogP contribution is -2.49. The van der Waals surface area contributed by atoms with Crippen molar-refractivity contribution >= 4 is 17.5 Å². The van der Waals surface area contributed by atoms with Crippen molar-refractivity contribution in [3.63, 3.8) is 0 Å². The molecule has 0 bridgehead atoms. The number of benzene rings is 1. The van der Waals surface area contributed by atoms with Gasteiger partial charge in [0.05, 0.1) is 13.7 Å². The van der Waals surface area contributed by atoms with Crippen LogP contribution in [0.4, 0.5) is 5.69 Å². The van der Waals surface area contributed by atoms with E-state index in [2.05, 4.69) is 22.0 Å². The Hall–Kier alpha value is -3.88. The first kappa shape index (κ1) is 22.9. The van der Waals surface area contributed by atoms with E-state index in [0.29, 0.717) is 56.3 Å². The number of piperazine rings is 1. The highest BCUT2D eigenvalue weighted by atomic mass is 16.5. The summed E-state index contributed by atoms with van der Waals surface area (Å²) in [5, 5.41) is 4.70. The second kappa shape index (κ2) is 9.77. The van der Waals surface area contributed by atoms with Gasteiger partial charge in [-0.2, -0.15) is 5.10 Å². The molecular weight excluding hydrogens is 444 g/mol. The van der Waals surface area contributed by atoms with Gasteiger partial charge >= 0.3 is 0 Å². The van der Waals surface area contributed by atoms with Crippen molar-refractivity contribution in [3.8, 4) is 5.88 Å². The molecule has 1 saturated heterocycles. The molecule has 2 aromatic heterocycles. The van der Waals surface area contributed by atoms with E-state index in [1.165, 1.54) is 12.8 Å². The van der Waals surface area contributed by atoms with Crippen LogP contribution in [-0.2, 0) is 19.5 Å². The van der Waals surface area contributed by atoms with Gasteiger partial charge in [0.2, 0.25) is 5.88 Å². The summed E-state index contributed by atoms with van der Waals surface area (Å²) < 4.78 is 7.20. The van der Waals surface area contributed by atoms with E-state index in [1.807, 2.05) is 34.7 Å². The van der Waals surface area contributed by atoms with Gasteiger partial charge < -0.3 is 19.4 Å². The number of amides is 2. The van der Waals surface area contributed by atoms with E-state index in [-0.39, 0.29) is 11.8 Å². The molecule has 0 spiro atoms.